The SMILES string of the molecule is CN(Cc1ccccc1)[C@@H]1CC(=O)N(Cc2ccccc2)C1=O. The monoisotopic (exact) mass is 308 g/mol. The number of carbonyl (C=O) groups is 2. The molecule has 0 saturated carbocycles. The molecule has 1 atom stereocenters. The lowest BCUT2D eigenvalue weighted by Crippen LogP contribution is -2.39. The van der Waals surface area contributed by atoms with E-state index in [2.05, 4.69) is 0 Å². The molecule has 0 unspecified atom stereocenters. The van der Waals surface area contributed by atoms with Crippen molar-refractivity contribution in [3.8, 4) is 0 Å². The van der Waals surface area contributed by atoms with Crippen LogP contribution in [0.5, 0.6) is 0 Å². The van der Waals surface area contributed by atoms with Crippen LogP contribution in [0, 0.1) is 0 Å². The van der Waals surface area contributed by atoms with E-state index in [1.165, 1.54) is 4.90 Å². The number of nitrogens with zero attached hydrogens (tertiary/aromatic N) is 2. The highest BCUT2D eigenvalue weighted by atomic mass is 16.2. The molecule has 1 aliphatic rings. The maximum Gasteiger partial charge on any atom is 0.247 e. The molecular weight excluding hydrogens is 288 g/mol. The predicted molar refractivity (Wildman–Crippen MR) is 88.3 cm³/mol. The number of carbonyl (C=O) groups excluding carboxylic acids is 2. The van der Waals surface area contributed by atoms with E-state index in [9.17, 15) is 9.59 Å². The lowest BCUT2D eigenvalue weighted by molar-refractivity contribution is -0.140. The summed E-state index contributed by atoms with van der Waals surface area (Å²) in [6, 6.07) is 19.2. The molecule has 0 N–H and O–H groups in total. The number of rotatable bonds is 5. The van der Waals surface area contributed by atoms with Crippen molar-refractivity contribution in [3.63, 3.8) is 0 Å². The van der Waals surface area contributed by atoms with Crippen LogP contribution in [0.25, 0.3) is 0 Å². The molecule has 1 fully saturated rings. The van der Waals surface area contributed by atoms with E-state index in [0.29, 0.717) is 13.1 Å². The van der Waals surface area contributed by atoms with Gasteiger partial charge in [-0.25, -0.2) is 0 Å². The molecule has 4 heteroatoms. The van der Waals surface area contributed by atoms with Crippen LogP contribution in [0.1, 0.15) is 17.5 Å². The second-order valence-corrected chi connectivity index (χ2v) is 5.92. The number of benzene rings is 2. The standard InChI is InChI=1S/C19H20N2O2/c1-20(13-15-8-4-2-5-9-15)17-12-18(22)21(19(17)23)14-16-10-6-3-7-11-16/h2-11,17H,12-14H2,1H3/t17-/m1/s1. The van der Waals surface area contributed by atoms with Gasteiger partial charge in [0.2, 0.25) is 11.8 Å². The molecule has 2 aromatic rings. The Labute approximate surface area is 136 Å². The average molecular weight is 308 g/mol. The number of imide groups is 1. The van der Waals surface area contributed by atoms with Crippen molar-refractivity contribution in [3.05, 3.63) is 71.8 Å². The number of hydrogen-bond acceptors (Lipinski definition) is 3. The Bertz CT molecular complexity index is 685. The number of likely N-dealkylation sites (N-methyl/N-ethyl adjacent to an activating group) is 1. The van der Waals surface area contributed by atoms with Gasteiger partial charge in [0, 0.05) is 6.54 Å². The first-order valence-electron chi connectivity index (χ1n) is 7.77. The summed E-state index contributed by atoms with van der Waals surface area (Å²) < 4.78 is 0. The summed E-state index contributed by atoms with van der Waals surface area (Å²) >= 11 is 0. The summed E-state index contributed by atoms with van der Waals surface area (Å²) in [5.41, 5.74) is 2.11. The zero-order valence-electron chi connectivity index (χ0n) is 13.2. The van der Waals surface area contributed by atoms with Crippen molar-refractivity contribution >= 4 is 11.8 Å². The second-order valence-electron chi connectivity index (χ2n) is 5.92. The number of hydrogen-bond donors (Lipinski definition) is 0. The van der Waals surface area contributed by atoms with Gasteiger partial charge >= 0.3 is 0 Å². The van der Waals surface area contributed by atoms with E-state index in [1.807, 2.05) is 72.6 Å². The maximum absolute atomic E-state index is 12.6. The molecule has 0 spiro atoms. The van der Waals surface area contributed by atoms with Gasteiger partial charge in [0.25, 0.3) is 0 Å². The maximum atomic E-state index is 12.6. The molecule has 118 valence electrons. The van der Waals surface area contributed by atoms with Crippen LogP contribution in [-0.2, 0) is 22.7 Å². The van der Waals surface area contributed by atoms with Gasteiger partial charge in [-0.15, -0.1) is 0 Å². The Morgan fingerprint density at radius 3 is 2.13 bits per heavy atom. The van der Waals surface area contributed by atoms with E-state index < -0.39 is 0 Å². The zero-order chi connectivity index (χ0) is 16.2. The lowest BCUT2D eigenvalue weighted by atomic mass is 10.1. The summed E-state index contributed by atoms with van der Waals surface area (Å²) in [7, 11) is 1.90. The summed E-state index contributed by atoms with van der Waals surface area (Å²) in [6.45, 7) is 1.01. The fourth-order valence-electron chi connectivity index (χ4n) is 2.92. The van der Waals surface area contributed by atoms with Gasteiger partial charge in [-0.1, -0.05) is 60.7 Å². The third kappa shape index (κ3) is 3.48. The molecule has 1 saturated heterocycles. The quantitative estimate of drug-likeness (QED) is 0.797. The van der Waals surface area contributed by atoms with Gasteiger partial charge in [-0.05, 0) is 18.2 Å². The predicted octanol–water partition coefficient (Wildman–Crippen LogP) is 2.45. The molecule has 2 amide bonds. The lowest BCUT2D eigenvalue weighted by Gasteiger charge is -2.23. The molecule has 3 rings (SSSR count). The first-order valence-corrected chi connectivity index (χ1v) is 7.77. The molecule has 1 aliphatic heterocycles. The zero-order valence-corrected chi connectivity index (χ0v) is 13.2. The topological polar surface area (TPSA) is 40.6 Å². The highest BCUT2D eigenvalue weighted by Crippen LogP contribution is 2.21. The van der Waals surface area contributed by atoms with Gasteiger partial charge in [0.1, 0.15) is 0 Å². The summed E-state index contributed by atoms with van der Waals surface area (Å²) in [4.78, 5) is 28.2. The molecular formula is C19H20N2O2. The van der Waals surface area contributed by atoms with Crippen LogP contribution in [0.3, 0.4) is 0 Å². The molecule has 2 aromatic carbocycles. The van der Waals surface area contributed by atoms with Gasteiger partial charge in [0.05, 0.1) is 19.0 Å². The van der Waals surface area contributed by atoms with Crippen LogP contribution >= 0.6 is 0 Å². The summed E-state index contributed by atoms with van der Waals surface area (Å²) in [5, 5.41) is 0. The minimum absolute atomic E-state index is 0.0937. The van der Waals surface area contributed by atoms with Gasteiger partial charge in [-0.3, -0.25) is 19.4 Å². The Morgan fingerprint density at radius 2 is 1.52 bits per heavy atom. The third-order valence-electron chi connectivity index (χ3n) is 4.21. The minimum atomic E-state index is -0.369. The van der Waals surface area contributed by atoms with Crippen LogP contribution in [0.4, 0.5) is 0 Å². The smallest absolute Gasteiger partial charge is 0.247 e. The molecule has 4 nitrogen and oxygen atoms in total. The summed E-state index contributed by atoms with van der Waals surface area (Å²) in [5.74, 6) is -0.193. The van der Waals surface area contributed by atoms with E-state index in [-0.39, 0.29) is 24.3 Å². The molecule has 0 aliphatic carbocycles. The fraction of sp³-hybridized carbons (Fsp3) is 0.263. The summed E-state index contributed by atoms with van der Waals surface area (Å²) in [6.07, 6.45) is 0.259. The molecule has 1 heterocycles. The van der Waals surface area contributed by atoms with Crippen LogP contribution in [-0.4, -0.2) is 34.7 Å². The van der Waals surface area contributed by atoms with Gasteiger partial charge in [0.15, 0.2) is 0 Å². The van der Waals surface area contributed by atoms with E-state index in [4.69, 9.17) is 0 Å². The Kier molecular flexibility index (Phi) is 4.53. The minimum Gasteiger partial charge on any atom is -0.290 e. The van der Waals surface area contributed by atoms with Crippen molar-refractivity contribution in [2.45, 2.75) is 25.6 Å². The average Bonchev–Trinajstić information content (AvgIpc) is 2.85. The van der Waals surface area contributed by atoms with E-state index in [0.717, 1.165) is 11.1 Å². The molecule has 23 heavy (non-hydrogen) atoms. The normalized spacial score (nSPS) is 18.0. The van der Waals surface area contributed by atoms with E-state index >= 15 is 0 Å². The molecule has 0 aromatic heterocycles. The van der Waals surface area contributed by atoms with Crippen LogP contribution < -0.4 is 0 Å². The third-order valence-corrected chi connectivity index (χ3v) is 4.21. The Balaban J connectivity index is 1.68. The van der Waals surface area contributed by atoms with Crippen molar-refractivity contribution in [1.82, 2.24) is 9.80 Å². The first-order chi connectivity index (χ1) is 11.1. The van der Waals surface area contributed by atoms with E-state index in [1.54, 1.807) is 0 Å². The highest BCUT2D eigenvalue weighted by molar-refractivity contribution is 6.05. The van der Waals surface area contributed by atoms with Crippen LogP contribution in [0.15, 0.2) is 60.7 Å². The van der Waals surface area contributed by atoms with Gasteiger partial charge < -0.3 is 0 Å². The first kappa shape index (κ1) is 15.4. The number of amides is 2. The number of likely N-dealkylation sites (tertiary alicyclic amines) is 1. The van der Waals surface area contributed by atoms with Crippen LogP contribution in [0.2, 0.25) is 0 Å². The molecule has 0 bridgehead atoms. The van der Waals surface area contributed by atoms with Gasteiger partial charge in [-0.2, -0.15) is 0 Å². The van der Waals surface area contributed by atoms with Crippen molar-refractivity contribution < 1.29 is 9.59 Å². The fourth-order valence-corrected chi connectivity index (χ4v) is 2.92. The Morgan fingerprint density at radius 1 is 0.957 bits per heavy atom. The van der Waals surface area contributed by atoms with Crippen molar-refractivity contribution in [2.24, 2.45) is 0 Å². The molecule has 0 radical (unpaired) electrons. The Hall–Kier alpha value is -2.46. The second kappa shape index (κ2) is 6.75. The van der Waals surface area contributed by atoms with Crippen molar-refractivity contribution in [1.29, 1.82) is 0 Å². The largest absolute Gasteiger partial charge is 0.290 e. The highest BCUT2D eigenvalue weighted by Gasteiger charge is 2.40. The van der Waals surface area contributed by atoms with Crippen molar-refractivity contribution in [2.75, 3.05) is 7.05 Å².